The molecule has 2 aromatic carbocycles. The molecule has 0 bridgehead atoms. The van der Waals surface area contributed by atoms with E-state index in [0.717, 1.165) is 50.2 Å². The molecule has 1 unspecified atom stereocenters. The molecule has 0 saturated carbocycles. The summed E-state index contributed by atoms with van der Waals surface area (Å²) in [5, 5.41) is 0. The lowest BCUT2D eigenvalue weighted by atomic mass is 9.79. The smallest absolute Gasteiger partial charge is 0.236 e. The zero-order valence-corrected chi connectivity index (χ0v) is 17.0. The first-order valence-corrected chi connectivity index (χ1v) is 10.3. The molecule has 4 rings (SSSR count). The van der Waals surface area contributed by atoms with Gasteiger partial charge in [0, 0.05) is 13.0 Å². The Balaban J connectivity index is 1.42. The fourth-order valence-electron chi connectivity index (χ4n) is 4.57. The minimum absolute atomic E-state index is 0.0138. The van der Waals surface area contributed by atoms with Crippen LogP contribution in [0.2, 0.25) is 0 Å². The predicted molar refractivity (Wildman–Crippen MR) is 111 cm³/mol. The average Bonchev–Trinajstić information content (AvgIpc) is 2.87. The quantitative estimate of drug-likeness (QED) is 0.729. The SMILES string of the molecule is COc1ccc(CN2C(=O)CC3(CCCN(Cc4ccccc4)CC3)C2=O)cc1. The fraction of sp³-hybridized carbons (Fsp3) is 0.417. The first-order valence-electron chi connectivity index (χ1n) is 10.3. The molecule has 0 aliphatic carbocycles. The van der Waals surface area contributed by atoms with Crippen molar-refractivity contribution in [3.05, 3.63) is 65.7 Å². The van der Waals surface area contributed by atoms with Gasteiger partial charge < -0.3 is 4.74 Å². The zero-order valence-electron chi connectivity index (χ0n) is 17.0. The number of carbonyl (C=O) groups is 2. The van der Waals surface area contributed by atoms with Gasteiger partial charge in [-0.25, -0.2) is 0 Å². The van der Waals surface area contributed by atoms with Gasteiger partial charge in [-0.05, 0) is 55.6 Å². The number of amides is 2. The molecule has 1 atom stereocenters. The van der Waals surface area contributed by atoms with E-state index in [1.165, 1.54) is 10.5 Å². The number of rotatable bonds is 5. The van der Waals surface area contributed by atoms with Crippen molar-refractivity contribution in [3.8, 4) is 5.75 Å². The second-order valence-electron chi connectivity index (χ2n) is 8.21. The van der Waals surface area contributed by atoms with Gasteiger partial charge in [0.25, 0.3) is 0 Å². The van der Waals surface area contributed by atoms with Gasteiger partial charge in [0.05, 0.1) is 19.1 Å². The van der Waals surface area contributed by atoms with Crippen LogP contribution >= 0.6 is 0 Å². The number of likely N-dealkylation sites (tertiary alicyclic amines) is 2. The van der Waals surface area contributed by atoms with Crippen LogP contribution in [0.5, 0.6) is 5.75 Å². The third kappa shape index (κ3) is 4.20. The lowest BCUT2D eigenvalue weighted by Crippen LogP contribution is -2.36. The summed E-state index contributed by atoms with van der Waals surface area (Å²) in [6, 6.07) is 18.0. The number of carbonyl (C=O) groups excluding carboxylic acids is 2. The summed E-state index contributed by atoms with van der Waals surface area (Å²) in [6.07, 6.45) is 2.84. The van der Waals surface area contributed by atoms with Crippen LogP contribution in [0.3, 0.4) is 0 Å². The first-order chi connectivity index (χ1) is 14.1. The highest BCUT2D eigenvalue weighted by molar-refractivity contribution is 6.05. The average molecular weight is 392 g/mol. The molecule has 29 heavy (non-hydrogen) atoms. The van der Waals surface area contributed by atoms with E-state index >= 15 is 0 Å². The van der Waals surface area contributed by atoms with Crippen molar-refractivity contribution in [2.45, 2.75) is 38.8 Å². The Labute approximate surface area is 172 Å². The van der Waals surface area contributed by atoms with Gasteiger partial charge >= 0.3 is 0 Å². The Kier molecular flexibility index (Phi) is 5.67. The summed E-state index contributed by atoms with van der Waals surface area (Å²) < 4.78 is 5.19. The van der Waals surface area contributed by atoms with Gasteiger partial charge in [0.15, 0.2) is 0 Å². The molecule has 152 valence electrons. The number of hydrogen-bond donors (Lipinski definition) is 0. The van der Waals surface area contributed by atoms with Gasteiger partial charge in [0.2, 0.25) is 11.8 Å². The topological polar surface area (TPSA) is 49.9 Å². The summed E-state index contributed by atoms with van der Waals surface area (Å²) in [6.45, 7) is 3.06. The van der Waals surface area contributed by atoms with E-state index in [9.17, 15) is 9.59 Å². The number of ether oxygens (including phenoxy) is 1. The maximum Gasteiger partial charge on any atom is 0.236 e. The molecule has 2 heterocycles. The highest BCUT2D eigenvalue weighted by Gasteiger charge is 2.51. The van der Waals surface area contributed by atoms with Crippen LogP contribution in [0.4, 0.5) is 0 Å². The lowest BCUT2D eigenvalue weighted by molar-refractivity contribution is -0.142. The predicted octanol–water partition coefficient (Wildman–Crippen LogP) is 3.63. The zero-order chi connectivity index (χ0) is 20.3. The first kappa shape index (κ1) is 19.6. The minimum Gasteiger partial charge on any atom is -0.497 e. The van der Waals surface area contributed by atoms with Crippen molar-refractivity contribution < 1.29 is 14.3 Å². The number of benzene rings is 2. The second kappa shape index (κ2) is 8.37. The standard InChI is InChI=1S/C24H28N2O3/c1-29-21-10-8-20(9-11-21)18-26-22(27)16-24(23(26)28)12-5-14-25(15-13-24)17-19-6-3-2-4-7-19/h2-4,6-11H,5,12-18H2,1H3. The molecule has 2 fully saturated rings. The van der Waals surface area contributed by atoms with Crippen molar-refractivity contribution in [2.75, 3.05) is 20.2 Å². The molecule has 2 saturated heterocycles. The summed E-state index contributed by atoms with van der Waals surface area (Å²) in [4.78, 5) is 29.9. The van der Waals surface area contributed by atoms with Crippen molar-refractivity contribution >= 4 is 11.8 Å². The van der Waals surface area contributed by atoms with Gasteiger partial charge in [0.1, 0.15) is 5.75 Å². The number of nitrogens with zero attached hydrogens (tertiary/aromatic N) is 2. The Morgan fingerprint density at radius 2 is 1.62 bits per heavy atom. The van der Waals surface area contributed by atoms with Crippen LogP contribution in [0.1, 0.15) is 36.8 Å². The van der Waals surface area contributed by atoms with E-state index < -0.39 is 5.41 Å². The molecular weight excluding hydrogens is 364 g/mol. The van der Waals surface area contributed by atoms with E-state index in [4.69, 9.17) is 4.74 Å². The largest absolute Gasteiger partial charge is 0.497 e. The minimum atomic E-state index is -0.519. The summed E-state index contributed by atoms with van der Waals surface area (Å²) in [5.41, 5.74) is 1.72. The molecule has 5 heteroatoms. The maximum atomic E-state index is 13.3. The van der Waals surface area contributed by atoms with Gasteiger partial charge in [-0.3, -0.25) is 19.4 Å². The van der Waals surface area contributed by atoms with Gasteiger partial charge in [-0.2, -0.15) is 0 Å². The van der Waals surface area contributed by atoms with Crippen LogP contribution in [0.15, 0.2) is 54.6 Å². The number of methoxy groups -OCH3 is 1. The monoisotopic (exact) mass is 392 g/mol. The summed E-state index contributed by atoms with van der Waals surface area (Å²) in [7, 11) is 1.62. The van der Waals surface area contributed by atoms with Crippen LogP contribution in [-0.2, 0) is 22.7 Å². The van der Waals surface area contributed by atoms with Crippen molar-refractivity contribution in [1.29, 1.82) is 0 Å². The molecule has 2 aliphatic heterocycles. The Morgan fingerprint density at radius 3 is 2.34 bits per heavy atom. The Morgan fingerprint density at radius 1 is 0.897 bits per heavy atom. The summed E-state index contributed by atoms with van der Waals surface area (Å²) >= 11 is 0. The molecule has 2 aromatic rings. The van der Waals surface area contributed by atoms with Crippen LogP contribution < -0.4 is 4.74 Å². The third-order valence-corrected chi connectivity index (χ3v) is 6.27. The van der Waals surface area contributed by atoms with E-state index in [2.05, 4.69) is 29.2 Å². The highest BCUT2D eigenvalue weighted by atomic mass is 16.5. The normalized spacial score (nSPS) is 22.9. The van der Waals surface area contributed by atoms with Crippen LogP contribution in [0, 0.1) is 5.41 Å². The molecule has 0 aromatic heterocycles. The maximum absolute atomic E-state index is 13.3. The molecule has 1 spiro atoms. The van der Waals surface area contributed by atoms with Gasteiger partial charge in [-0.15, -0.1) is 0 Å². The molecule has 2 amide bonds. The lowest BCUT2D eigenvalue weighted by Gasteiger charge is -2.26. The number of hydrogen-bond acceptors (Lipinski definition) is 4. The van der Waals surface area contributed by atoms with Crippen molar-refractivity contribution in [3.63, 3.8) is 0 Å². The van der Waals surface area contributed by atoms with Crippen LogP contribution in [0.25, 0.3) is 0 Å². The second-order valence-corrected chi connectivity index (χ2v) is 8.21. The molecule has 0 N–H and O–H groups in total. The molecule has 0 radical (unpaired) electrons. The molecule has 2 aliphatic rings. The van der Waals surface area contributed by atoms with Crippen LogP contribution in [-0.4, -0.2) is 41.8 Å². The van der Waals surface area contributed by atoms with Crippen molar-refractivity contribution in [1.82, 2.24) is 9.80 Å². The summed E-state index contributed by atoms with van der Waals surface area (Å²) in [5.74, 6) is 0.744. The van der Waals surface area contributed by atoms with Crippen molar-refractivity contribution in [2.24, 2.45) is 5.41 Å². The fourth-order valence-corrected chi connectivity index (χ4v) is 4.57. The van der Waals surface area contributed by atoms with E-state index in [-0.39, 0.29) is 11.8 Å². The third-order valence-electron chi connectivity index (χ3n) is 6.27. The van der Waals surface area contributed by atoms with Gasteiger partial charge in [-0.1, -0.05) is 42.5 Å². The van der Waals surface area contributed by atoms with E-state index in [1.54, 1.807) is 7.11 Å². The molecule has 5 nitrogen and oxygen atoms in total. The number of imide groups is 1. The van der Waals surface area contributed by atoms with E-state index in [0.29, 0.717) is 13.0 Å². The Bertz CT molecular complexity index is 865. The Hall–Kier alpha value is -2.66. The highest BCUT2D eigenvalue weighted by Crippen LogP contribution is 2.42. The molecular formula is C24H28N2O3. The van der Waals surface area contributed by atoms with E-state index in [1.807, 2.05) is 30.3 Å².